The molecule has 1 saturated heterocycles. The summed E-state index contributed by atoms with van der Waals surface area (Å²) in [5.74, 6) is 5.95. The summed E-state index contributed by atoms with van der Waals surface area (Å²) in [5, 5.41) is 8.82. The molecule has 1 heterocycles. The number of aliphatic hydroxyl groups is 1. The minimum Gasteiger partial charge on any atom is -0.384 e. The SMILES string of the molecule is CC1CN(C(=O)c2ccccc2C#CCO)CC1N(C)C. The van der Waals surface area contributed by atoms with Crippen LogP contribution in [0, 0.1) is 17.8 Å². The molecular formula is C17H22N2O2. The maximum atomic E-state index is 12.7. The van der Waals surface area contributed by atoms with E-state index >= 15 is 0 Å². The van der Waals surface area contributed by atoms with E-state index in [9.17, 15) is 4.79 Å². The van der Waals surface area contributed by atoms with E-state index in [2.05, 4.69) is 37.8 Å². The number of carbonyl (C=O) groups excluding carboxylic acids is 1. The minimum absolute atomic E-state index is 0.0223. The first-order valence-corrected chi connectivity index (χ1v) is 7.19. The van der Waals surface area contributed by atoms with Crippen molar-refractivity contribution in [3.63, 3.8) is 0 Å². The normalized spacial score (nSPS) is 21.3. The number of nitrogens with zero attached hydrogens (tertiary/aromatic N) is 2. The Bertz CT molecular complexity index is 572. The molecule has 2 unspecified atom stereocenters. The molecule has 2 rings (SSSR count). The van der Waals surface area contributed by atoms with E-state index < -0.39 is 0 Å². The smallest absolute Gasteiger partial charge is 0.255 e. The lowest BCUT2D eigenvalue weighted by Gasteiger charge is -2.22. The number of amides is 1. The van der Waals surface area contributed by atoms with Crippen molar-refractivity contribution in [1.82, 2.24) is 9.80 Å². The zero-order chi connectivity index (χ0) is 15.4. The summed E-state index contributed by atoms with van der Waals surface area (Å²) in [6, 6.07) is 7.72. The molecule has 4 nitrogen and oxygen atoms in total. The van der Waals surface area contributed by atoms with Gasteiger partial charge in [0, 0.05) is 24.7 Å². The third-order valence-corrected chi connectivity index (χ3v) is 3.98. The van der Waals surface area contributed by atoms with Gasteiger partial charge in [-0.3, -0.25) is 4.79 Å². The average molecular weight is 286 g/mol. The highest BCUT2D eigenvalue weighted by Gasteiger charge is 2.34. The van der Waals surface area contributed by atoms with Gasteiger partial charge in [-0.1, -0.05) is 30.9 Å². The molecule has 0 aliphatic carbocycles. The second kappa shape index (κ2) is 6.75. The van der Waals surface area contributed by atoms with Crippen molar-refractivity contribution in [1.29, 1.82) is 0 Å². The molecule has 1 amide bonds. The van der Waals surface area contributed by atoms with E-state index in [4.69, 9.17) is 5.11 Å². The molecule has 1 aliphatic rings. The van der Waals surface area contributed by atoms with E-state index in [1.165, 1.54) is 0 Å². The fourth-order valence-corrected chi connectivity index (χ4v) is 2.87. The van der Waals surface area contributed by atoms with Crippen molar-refractivity contribution in [3.8, 4) is 11.8 Å². The molecule has 0 spiro atoms. The molecule has 21 heavy (non-hydrogen) atoms. The van der Waals surface area contributed by atoms with Gasteiger partial charge < -0.3 is 14.9 Å². The molecule has 1 N–H and O–H groups in total. The molecule has 112 valence electrons. The topological polar surface area (TPSA) is 43.8 Å². The maximum Gasteiger partial charge on any atom is 0.255 e. The lowest BCUT2D eigenvalue weighted by molar-refractivity contribution is 0.0781. The molecule has 2 atom stereocenters. The van der Waals surface area contributed by atoms with Crippen LogP contribution in [-0.2, 0) is 0 Å². The predicted molar refractivity (Wildman–Crippen MR) is 82.9 cm³/mol. The van der Waals surface area contributed by atoms with Gasteiger partial charge in [0.25, 0.3) is 5.91 Å². The van der Waals surface area contributed by atoms with Crippen molar-refractivity contribution in [3.05, 3.63) is 35.4 Å². The molecule has 1 fully saturated rings. The van der Waals surface area contributed by atoms with Gasteiger partial charge >= 0.3 is 0 Å². The van der Waals surface area contributed by atoms with Crippen LogP contribution in [0.5, 0.6) is 0 Å². The van der Waals surface area contributed by atoms with Crippen molar-refractivity contribution < 1.29 is 9.90 Å². The van der Waals surface area contributed by atoms with Gasteiger partial charge in [-0.05, 0) is 32.1 Å². The summed E-state index contributed by atoms with van der Waals surface area (Å²) >= 11 is 0. The summed E-state index contributed by atoms with van der Waals surface area (Å²) in [5.41, 5.74) is 1.29. The largest absolute Gasteiger partial charge is 0.384 e. The monoisotopic (exact) mass is 286 g/mol. The lowest BCUT2D eigenvalue weighted by atomic mass is 10.1. The van der Waals surface area contributed by atoms with Gasteiger partial charge in [0.15, 0.2) is 0 Å². The second-order valence-corrected chi connectivity index (χ2v) is 5.72. The number of likely N-dealkylation sites (N-methyl/N-ethyl adjacent to an activating group) is 1. The van der Waals surface area contributed by atoms with Gasteiger partial charge in [0.1, 0.15) is 6.61 Å². The summed E-state index contributed by atoms with van der Waals surface area (Å²) in [6.45, 7) is 3.49. The van der Waals surface area contributed by atoms with Crippen LogP contribution in [-0.4, -0.2) is 60.6 Å². The van der Waals surface area contributed by atoms with Crippen LogP contribution in [0.25, 0.3) is 0 Å². The zero-order valence-corrected chi connectivity index (χ0v) is 12.8. The highest BCUT2D eigenvalue weighted by molar-refractivity contribution is 5.97. The lowest BCUT2D eigenvalue weighted by Crippen LogP contribution is -2.36. The van der Waals surface area contributed by atoms with Crippen LogP contribution in [0.15, 0.2) is 24.3 Å². The summed E-state index contributed by atoms with van der Waals surface area (Å²) < 4.78 is 0. The first-order valence-electron chi connectivity index (χ1n) is 7.19. The Balaban J connectivity index is 2.22. The standard InChI is InChI=1S/C17H22N2O2/c1-13-11-19(12-16(13)18(2)3)17(21)15-9-5-4-7-14(15)8-6-10-20/h4-5,7,9,13,16,20H,10-12H2,1-3H3. The Hall–Kier alpha value is -1.83. The number of hydrogen-bond acceptors (Lipinski definition) is 3. The Morgan fingerprint density at radius 1 is 1.38 bits per heavy atom. The van der Waals surface area contributed by atoms with E-state index in [0.717, 1.165) is 13.1 Å². The summed E-state index contributed by atoms with van der Waals surface area (Å²) in [6.07, 6.45) is 0. The molecule has 0 radical (unpaired) electrons. The van der Waals surface area contributed by atoms with Gasteiger partial charge in [-0.25, -0.2) is 0 Å². The number of carbonyl (C=O) groups is 1. The summed E-state index contributed by atoms with van der Waals surface area (Å²) in [4.78, 5) is 16.8. The van der Waals surface area contributed by atoms with E-state index in [1.54, 1.807) is 6.07 Å². The minimum atomic E-state index is -0.202. The average Bonchev–Trinajstić information content (AvgIpc) is 2.87. The number of likely N-dealkylation sites (tertiary alicyclic amines) is 1. The quantitative estimate of drug-likeness (QED) is 0.827. The highest BCUT2D eigenvalue weighted by Crippen LogP contribution is 2.22. The number of aliphatic hydroxyl groups excluding tert-OH is 1. The molecule has 1 aromatic rings. The van der Waals surface area contributed by atoms with E-state index in [-0.39, 0.29) is 12.5 Å². The molecule has 0 bridgehead atoms. The van der Waals surface area contributed by atoms with Crippen molar-refractivity contribution in [2.24, 2.45) is 5.92 Å². The number of hydrogen-bond donors (Lipinski definition) is 1. The van der Waals surface area contributed by atoms with Crippen molar-refractivity contribution in [2.75, 3.05) is 33.8 Å². The Morgan fingerprint density at radius 3 is 2.71 bits per heavy atom. The van der Waals surface area contributed by atoms with Crippen LogP contribution in [0.1, 0.15) is 22.8 Å². The van der Waals surface area contributed by atoms with Crippen LogP contribution >= 0.6 is 0 Å². The van der Waals surface area contributed by atoms with Crippen LogP contribution in [0.2, 0.25) is 0 Å². The van der Waals surface area contributed by atoms with Gasteiger partial charge in [0.2, 0.25) is 0 Å². The molecule has 0 aromatic heterocycles. The van der Waals surface area contributed by atoms with Crippen LogP contribution in [0.3, 0.4) is 0 Å². The van der Waals surface area contributed by atoms with Gasteiger partial charge in [0.05, 0.1) is 5.56 Å². The molecular weight excluding hydrogens is 264 g/mol. The number of rotatable bonds is 2. The fraction of sp³-hybridized carbons (Fsp3) is 0.471. The Labute approximate surface area is 126 Å². The molecule has 1 aliphatic heterocycles. The van der Waals surface area contributed by atoms with Gasteiger partial charge in [-0.15, -0.1) is 0 Å². The first-order chi connectivity index (χ1) is 10.0. The third kappa shape index (κ3) is 3.44. The highest BCUT2D eigenvalue weighted by atomic mass is 16.2. The van der Waals surface area contributed by atoms with Crippen LogP contribution < -0.4 is 0 Å². The third-order valence-electron chi connectivity index (χ3n) is 3.98. The molecule has 0 saturated carbocycles. The molecule has 4 heteroatoms. The fourth-order valence-electron chi connectivity index (χ4n) is 2.87. The Kier molecular flexibility index (Phi) is 5.00. The summed E-state index contributed by atoms with van der Waals surface area (Å²) in [7, 11) is 4.10. The van der Waals surface area contributed by atoms with Crippen molar-refractivity contribution in [2.45, 2.75) is 13.0 Å². The predicted octanol–water partition coefficient (Wildman–Crippen LogP) is 1.05. The molecule has 1 aromatic carbocycles. The van der Waals surface area contributed by atoms with Gasteiger partial charge in [-0.2, -0.15) is 0 Å². The second-order valence-electron chi connectivity index (χ2n) is 5.72. The van der Waals surface area contributed by atoms with E-state index in [0.29, 0.717) is 23.1 Å². The van der Waals surface area contributed by atoms with Crippen molar-refractivity contribution >= 4 is 5.91 Å². The van der Waals surface area contributed by atoms with Crippen LogP contribution in [0.4, 0.5) is 0 Å². The zero-order valence-electron chi connectivity index (χ0n) is 12.8. The Morgan fingerprint density at radius 2 is 2.10 bits per heavy atom. The van der Waals surface area contributed by atoms with E-state index in [1.807, 2.05) is 23.1 Å². The number of benzene rings is 1. The first kappa shape index (κ1) is 15.6. The maximum absolute atomic E-state index is 12.7.